The number of aromatic nitrogens is 1. The Bertz CT molecular complexity index is 1090. The number of hydrogen-bond acceptors (Lipinski definition) is 8. The molecule has 0 radical (unpaired) electrons. The van der Waals surface area contributed by atoms with E-state index in [-0.39, 0.29) is 17.4 Å². The Labute approximate surface area is 203 Å². The fourth-order valence-electron chi connectivity index (χ4n) is 3.97. The van der Waals surface area contributed by atoms with E-state index in [4.69, 9.17) is 14.2 Å². The number of carbonyl (C=O) groups is 3. The van der Waals surface area contributed by atoms with Crippen molar-refractivity contribution in [1.29, 1.82) is 0 Å². The topological polar surface area (TPSA) is 122 Å². The van der Waals surface area contributed by atoms with E-state index >= 15 is 0 Å². The monoisotopic (exact) mass is 486 g/mol. The first kappa shape index (κ1) is 25.6. The maximum atomic E-state index is 13.5. The Kier molecular flexibility index (Phi) is 8.00. The summed E-state index contributed by atoms with van der Waals surface area (Å²) in [4.78, 5) is 46.2. The number of methoxy groups -OCH3 is 3. The summed E-state index contributed by atoms with van der Waals surface area (Å²) in [7, 11) is 4.54. The summed E-state index contributed by atoms with van der Waals surface area (Å²) in [5.74, 6) is -0.0582. The number of benzene rings is 1. The minimum atomic E-state index is -1.20. The lowest BCUT2D eigenvalue weighted by atomic mass is 10.1. The third-order valence-corrected chi connectivity index (χ3v) is 5.80. The number of pyridine rings is 1. The average molecular weight is 487 g/mol. The zero-order valence-corrected chi connectivity index (χ0v) is 20.5. The lowest BCUT2D eigenvalue weighted by molar-refractivity contribution is -0.135. The highest BCUT2D eigenvalue weighted by Crippen LogP contribution is 2.31. The fraction of sp³-hybridized carbons (Fsp3) is 0.417. The number of anilines is 2. The van der Waals surface area contributed by atoms with Gasteiger partial charge in [0.25, 0.3) is 0 Å². The minimum Gasteiger partial charge on any atom is -0.497 e. The molecule has 11 heteroatoms. The summed E-state index contributed by atoms with van der Waals surface area (Å²) >= 11 is 0. The first-order valence-corrected chi connectivity index (χ1v) is 11.0. The van der Waals surface area contributed by atoms with Crippen molar-refractivity contribution < 1.29 is 33.7 Å². The number of urea groups is 1. The van der Waals surface area contributed by atoms with Gasteiger partial charge in [0.05, 0.1) is 27.0 Å². The summed E-state index contributed by atoms with van der Waals surface area (Å²) in [5.41, 5.74) is 1.76. The van der Waals surface area contributed by atoms with Crippen LogP contribution in [-0.4, -0.2) is 86.8 Å². The minimum absolute atomic E-state index is 0.0733. The van der Waals surface area contributed by atoms with Crippen LogP contribution in [0.5, 0.6) is 17.4 Å². The normalized spacial score (nSPS) is 13.3. The molecular weight excluding hydrogens is 456 g/mol. The van der Waals surface area contributed by atoms with Gasteiger partial charge in [0.1, 0.15) is 23.7 Å². The predicted octanol–water partition coefficient (Wildman–Crippen LogP) is 2.45. The van der Waals surface area contributed by atoms with Crippen LogP contribution in [-0.2, 0) is 4.79 Å². The molecular formula is C24H30N4O7. The predicted molar refractivity (Wildman–Crippen MR) is 129 cm³/mol. The summed E-state index contributed by atoms with van der Waals surface area (Å²) in [6.45, 7) is 4.18. The summed E-state index contributed by atoms with van der Waals surface area (Å²) in [5, 5.41) is 9.51. The Hall–Kier alpha value is -4.02. The van der Waals surface area contributed by atoms with E-state index in [1.54, 1.807) is 32.1 Å². The number of aliphatic carboxylic acids is 1. The van der Waals surface area contributed by atoms with Crippen molar-refractivity contribution in [3.8, 4) is 17.4 Å². The average Bonchev–Trinajstić information content (AvgIpc) is 2.86. The van der Waals surface area contributed by atoms with E-state index < -0.39 is 18.5 Å². The molecule has 0 spiro atoms. The molecule has 2 amide bonds. The lowest BCUT2D eigenvalue weighted by Gasteiger charge is -2.38. The van der Waals surface area contributed by atoms with E-state index in [0.717, 1.165) is 10.6 Å². The van der Waals surface area contributed by atoms with Gasteiger partial charge in [-0.1, -0.05) is 0 Å². The van der Waals surface area contributed by atoms with Gasteiger partial charge in [-0.25, -0.2) is 9.78 Å². The van der Waals surface area contributed by atoms with Crippen LogP contribution < -0.4 is 24.0 Å². The van der Waals surface area contributed by atoms with E-state index in [0.29, 0.717) is 48.9 Å². The third kappa shape index (κ3) is 5.73. The zero-order valence-electron chi connectivity index (χ0n) is 20.5. The van der Waals surface area contributed by atoms with Gasteiger partial charge in [0.2, 0.25) is 5.88 Å². The number of carboxylic acids is 1. The van der Waals surface area contributed by atoms with Crippen LogP contribution in [0.4, 0.5) is 16.2 Å². The Balaban J connectivity index is 1.85. The maximum Gasteiger partial charge on any atom is 0.325 e. The molecule has 2 aromatic rings. The molecule has 0 aliphatic carbocycles. The molecule has 35 heavy (non-hydrogen) atoms. The number of piperazine rings is 1. The van der Waals surface area contributed by atoms with Gasteiger partial charge in [0, 0.05) is 55.6 Å². The van der Waals surface area contributed by atoms with Crippen LogP contribution in [0.2, 0.25) is 0 Å². The number of carboxylic acid groups (broad SMARTS) is 1. The number of ketones is 1. The zero-order chi connectivity index (χ0) is 25.7. The quantitative estimate of drug-likeness (QED) is 0.561. The molecule has 0 saturated carbocycles. The van der Waals surface area contributed by atoms with Gasteiger partial charge < -0.3 is 29.1 Å². The van der Waals surface area contributed by atoms with E-state index in [1.165, 1.54) is 20.1 Å². The second-order valence-electron chi connectivity index (χ2n) is 8.01. The Morgan fingerprint density at radius 2 is 1.57 bits per heavy atom. The van der Waals surface area contributed by atoms with Gasteiger partial charge in [-0.05, 0) is 19.9 Å². The first-order valence-electron chi connectivity index (χ1n) is 11.0. The number of hydrogen-bond donors (Lipinski definition) is 1. The van der Waals surface area contributed by atoms with Crippen molar-refractivity contribution in [3.63, 3.8) is 0 Å². The van der Waals surface area contributed by atoms with Gasteiger partial charge in [0.15, 0.2) is 5.78 Å². The Morgan fingerprint density at radius 1 is 0.971 bits per heavy atom. The number of carbonyl (C=O) groups excluding carboxylic acids is 2. The van der Waals surface area contributed by atoms with E-state index in [9.17, 15) is 19.5 Å². The summed E-state index contributed by atoms with van der Waals surface area (Å²) in [6, 6.07) is 6.52. The van der Waals surface area contributed by atoms with Gasteiger partial charge in [-0.3, -0.25) is 14.5 Å². The highest BCUT2D eigenvalue weighted by Gasteiger charge is 2.31. The molecule has 0 atom stereocenters. The molecule has 0 unspecified atom stereocenters. The van der Waals surface area contributed by atoms with Gasteiger partial charge in [-0.2, -0.15) is 0 Å². The first-order chi connectivity index (χ1) is 16.7. The van der Waals surface area contributed by atoms with Crippen LogP contribution in [0.3, 0.4) is 0 Å². The van der Waals surface area contributed by atoms with Crippen LogP contribution in [0.15, 0.2) is 24.3 Å². The third-order valence-electron chi connectivity index (χ3n) is 5.80. The van der Waals surface area contributed by atoms with Crippen LogP contribution >= 0.6 is 0 Å². The lowest BCUT2D eigenvalue weighted by Crippen LogP contribution is -2.54. The molecule has 1 aliphatic rings. The van der Waals surface area contributed by atoms with Gasteiger partial charge in [-0.15, -0.1) is 0 Å². The molecule has 0 bridgehead atoms. The SMILES string of the molecule is COc1cc(OC)cc(N2CCN(C(=O)N(CC(=O)O)c3cc(C(C)=O)c(C)nc3OC)CC2)c1. The number of aryl methyl sites for hydroxylation is 1. The summed E-state index contributed by atoms with van der Waals surface area (Å²) in [6.07, 6.45) is 0. The molecule has 1 aliphatic heterocycles. The van der Waals surface area contributed by atoms with Crippen molar-refractivity contribution in [1.82, 2.24) is 9.88 Å². The molecule has 2 heterocycles. The van der Waals surface area contributed by atoms with Crippen molar-refractivity contribution in [2.45, 2.75) is 13.8 Å². The molecule has 1 fully saturated rings. The fourth-order valence-corrected chi connectivity index (χ4v) is 3.97. The summed E-state index contributed by atoms with van der Waals surface area (Å²) < 4.78 is 16.0. The van der Waals surface area contributed by atoms with E-state index in [2.05, 4.69) is 9.88 Å². The van der Waals surface area contributed by atoms with Crippen molar-refractivity contribution in [3.05, 3.63) is 35.5 Å². The second kappa shape index (κ2) is 10.9. The van der Waals surface area contributed by atoms with Crippen molar-refractivity contribution >= 4 is 29.2 Å². The maximum absolute atomic E-state index is 13.5. The molecule has 1 N–H and O–H groups in total. The van der Waals surface area contributed by atoms with E-state index in [1.807, 2.05) is 12.1 Å². The highest BCUT2D eigenvalue weighted by atomic mass is 16.5. The molecule has 188 valence electrons. The van der Waals surface area contributed by atoms with Crippen molar-refractivity contribution in [2.24, 2.45) is 0 Å². The molecule has 1 aromatic heterocycles. The standard InChI is InChI=1S/C24H30N4O7/c1-15-20(16(2)29)13-21(23(25-15)35-5)28(14-22(30)31)24(32)27-8-6-26(7-9-27)17-10-18(33-3)12-19(11-17)34-4/h10-13H,6-9,14H2,1-5H3,(H,30,31). The van der Waals surface area contributed by atoms with Crippen LogP contribution in [0.1, 0.15) is 23.0 Å². The molecule has 3 rings (SSSR count). The number of ether oxygens (including phenoxy) is 3. The van der Waals surface area contributed by atoms with Crippen LogP contribution in [0.25, 0.3) is 0 Å². The number of Topliss-reactive ketones (excluding diaryl/α,β-unsaturated/α-hetero) is 1. The molecule has 1 aromatic carbocycles. The molecule has 11 nitrogen and oxygen atoms in total. The Morgan fingerprint density at radius 3 is 2.06 bits per heavy atom. The number of rotatable bonds is 8. The van der Waals surface area contributed by atoms with Gasteiger partial charge >= 0.3 is 12.0 Å². The highest BCUT2D eigenvalue weighted by molar-refractivity contribution is 6.01. The molecule has 1 saturated heterocycles. The second-order valence-corrected chi connectivity index (χ2v) is 8.01. The van der Waals surface area contributed by atoms with Crippen LogP contribution in [0, 0.1) is 6.92 Å². The smallest absolute Gasteiger partial charge is 0.325 e. The number of nitrogens with zero attached hydrogens (tertiary/aromatic N) is 4. The van der Waals surface area contributed by atoms with Crippen molar-refractivity contribution in [2.75, 3.05) is 63.9 Å². The largest absolute Gasteiger partial charge is 0.497 e. The number of amides is 2.